The lowest BCUT2D eigenvalue weighted by Crippen LogP contribution is -2.38. The van der Waals surface area contributed by atoms with Gasteiger partial charge in [0.1, 0.15) is 5.75 Å². The molecule has 5 nitrogen and oxygen atoms in total. The van der Waals surface area contributed by atoms with Gasteiger partial charge in [0.15, 0.2) is 0 Å². The predicted octanol–water partition coefficient (Wildman–Crippen LogP) is 2.22. The van der Waals surface area contributed by atoms with Gasteiger partial charge in [-0.1, -0.05) is 19.3 Å². The summed E-state index contributed by atoms with van der Waals surface area (Å²) in [5, 5.41) is 2.97. The van der Waals surface area contributed by atoms with E-state index in [0.717, 1.165) is 25.0 Å². The van der Waals surface area contributed by atoms with Crippen molar-refractivity contribution < 1.29 is 14.3 Å². The van der Waals surface area contributed by atoms with Crippen LogP contribution in [0.25, 0.3) is 0 Å². The minimum atomic E-state index is -0.178. The van der Waals surface area contributed by atoms with Gasteiger partial charge in [0, 0.05) is 24.7 Å². The van der Waals surface area contributed by atoms with Crippen LogP contribution in [0.2, 0.25) is 0 Å². The first-order chi connectivity index (χ1) is 11.6. The predicted molar refractivity (Wildman–Crippen MR) is 92.7 cm³/mol. The first-order valence-corrected chi connectivity index (χ1v) is 8.39. The molecule has 0 aliphatic carbocycles. The molecule has 1 saturated heterocycles. The summed E-state index contributed by atoms with van der Waals surface area (Å²) in [4.78, 5) is 25.7. The van der Waals surface area contributed by atoms with Crippen molar-refractivity contribution >= 4 is 11.8 Å². The normalized spacial score (nSPS) is 16.2. The molecule has 2 amide bonds. The van der Waals surface area contributed by atoms with E-state index in [1.165, 1.54) is 0 Å². The van der Waals surface area contributed by atoms with Crippen LogP contribution in [0, 0.1) is 11.8 Å². The number of ether oxygens (including phenoxy) is 1. The first kappa shape index (κ1) is 17.9. The van der Waals surface area contributed by atoms with Gasteiger partial charge in [-0.15, -0.1) is 0 Å². The van der Waals surface area contributed by atoms with E-state index in [9.17, 15) is 9.59 Å². The van der Waals surface area contributed by atoms with E-state index >= 15 is 0 Å². The van der Waals surface area contributed by atoms with Crippen molar-refractivity contribution in [3.8, 4) is 17.6 Å². The first-order valence-electron chi connectivity index (χ1n) is 8.39. The number of amides is 2. The molecular formula is C19H24N2O3. The Bertz CT molecular complexity index is 628. The molecule has 1 aliphatic rings. The van der Waals surface area contributed by atoms with Gasteiger partial charge in [0.05, 0.1) is 6.61 Å². The van der Waals surface area contributed by atoms with Gasteiger partial charge in [0.2, 0.25) is 0 Å². The zero-order valence-electron chi connectivity index (χ0n) is 14.3. The van der Waals surface area contributed by atoms with E-state index in [0.29, 0.717) is 25.3 Å². The number of likely N-dealkylation sites (tertiary alicyclic amines) is 1. The second kappa shape index (κ2) is 8.97. The molecule has 0 bridgehead atoms. The highest BCUT2D eigenvalue weighted by molar-refractivity contribution is 5.95. The number of hydrogen-bond acceptors (Lipinski definition) is 3. The van der Waals surface area contributed by atoms with Crippen molar-refractivity contribution in [1.29, 1.82) is 0 Å². The maximum Gasteiger partial charge on any atom is 0.298 e. The summed E-state index contributed by atoms with van der Waals surface area (Å²) in [5.74, 6) is 5.61. The summed E-state index contributed by atoms with van der Waals surface area (Å²) >= 11 is 0. The van der Waals surface area contributed by atoms with Gasteiger partial charge in [-0.2, -0.15) is 0 Å². The van der Waals surface area contributed by atoms with Gasteiger partial charge in [0.25, 0.3) is 11.8 Å². The summed E-state index contributed by atoms with van der Waals surface area (Å²) in [6, 6.07) is 7.12. The maximum atomic E-state index is 12.3. The van der Waals surface area contributed by atoms with Gasteiger partial charge in [-0.25, -0.2) is 0 Å². The van der Waals surface area contributed by atoms with Gasteiger partial charge in [-0.3, -0.25) is 9.59 Å². The molecule has 1 fully saturated rings. The summed E-state index contributed by atoms with van der Waals surface area (Å²) in [7, 11) is 0. The monoisotopic (exact) mass is 328 g/mol. The van der Waals surface area contributed by atoms with Crippen molar-refractivity contribution in [2.45, 2.75) is 39.2 Å². The smallest absolute Gasteiger partial charge is 0.298 e. The molecule has 0 spiro atoms. The zero-order valence-corrected chi connectivity index (χ0v) is 14.3. The minimum Gasteiger partial charge on any atom is -0.494 e. The lowest BCUT2D eigenvalue weighted by Gasteiger charge is -2.14. The second-order valence-electron chi connectivity index (χ2n) is 5.81. The SMILES string of the molecule is CC#CC(=O)N1CCC(NC(=O)c2ccc(OCCCC)cc2)C1. The van der Waals surface area contributed by atoms with Gasteiger partial charge >= 0.3 is 0 Å². The molecule has 1 heterocycles. The molecule has 2 rings (SSSR count). The minimum absolute atomic E-state index is 0.0272. The Hall–Kier alpha value is -2.48. The Balaban J connectivity index is 1.84. The fourth-order valence-electron chi connectivity index (χ4n) is 2.55. The summed E-state index contributed by atoms with van der Waals surface area (Å²) < 4.78 is 5.59. The third-order valence-electron chi connectivity index (χ3n) is 3.93. The van der Waals surface area contributed by atoms with Crippen molar-refractivity contribution in [3.05, 3.63) is 29.8 Å². The van der Waals surface area contributed by atoms with Gasteiger partial charge in [-0.05, 0) is 50.0 Å². The van der Waals surface area contributed by atoms with Crippen LogP contribution in [0.15, 0.2) is 24.3 Å². The largest absolute Gasteiger partial charge is 0.494 e. The average Bonchev–Trinajstić information content (AvgIpc) is 3.04. The van der Waals surface area contributed by atoms with E-state index in [1.54, 1.807) is 24.0 Å². The number of nitrogens with zero attached hydrogens (tertiary/aromatic N) is 1. The molecule has 1 atom stereocenters. The molecule has 0 saturated carbocycles. The van der Waals surface area contributed by atoms with Crippen molar-refractivity contribution in [2.24, 2.45) is 0 Å². The topological polar surface area (TPSA) is 58.6 Å². The lowest BCUT2D eigenvalue weighted by molar-refractivity contribution is -0.124. The van der Waals surface area contributed by atoms with Crippen molar-refractivity contribution in [1.82, 2.24) is 10.2 Å². The Morgan fingerprint density at radius 2 is 2.08 bits per heavy atom. The highest BCUT2D eigenvalue weighted by Crippen LogP contribution is 2.14. The van der Waals surface area contributed by atoms with E-state index in [1.807, 2.05) is 12.1 Å². The molecule has 1 aromatic rings. The molecular weight excluding hydrogens is 304 g/mol. The number of carbonyl (C=O) groups excluding carboxylic acids is 2. The molecule has 1 aromatic carbocycles. The standard InChI is InChI=1S/C19H24N2O3/c1-3-5-13-24-17-9-7-15(8-10-17)19(23)20-16-11-12-21(14-16)18(22)6-4-2/h7-10,16H,3,5,11-14H2,1-2H3,(H,20,23). The van der Waals surface area contributed by atoms with Crippen LogP contribution in [-0.2, 0) is 4.79 Å². The van der Waals surface area contributed by atoms with Crippen LogP contribution >= 0.6 is 0 Å². The third kappa shape index (κ3) is 5.02. The number of hydrogen-bond donors (Lipinski definition) is 1. The fourth-order valence-corrected chi connectivity index (χ4v) is 2.55. The molecule has 24 heavy (non-hydrogen) atoms. The van der Waals surface area contributed by atoms with E-state index in [4.69, 9.17) is 4.74 Å². The van der Waals surface area contributed by atoms with Crippen LogP contribution in [0.5, 0.6) is 5.75 Å². The Morgan fingerprint density at radius 3 is 2.75 bits per heavy atom. The Labute approximate surface area is 143 Å². The Kier molecular flexibility index (Phi) is 6.68. The van der Waals surface area contributed by atoms with Crippen LogP contribution in [0.1, 0.15) is 43.5 Å². The molecule has 128 valence electrons. The molecule has 0 aromatic heterocycles. The summed E-state index contributed by atoms with van der Waals surface area (Å²) in [6.45, 7) is 5.58. The molecule has 0 radical (unpaired) electrons. The molecule has 5 heteroatoms. The Morgan fingerprint density at radius 1 is 1.33 bits per heavy atom. The highest BCUT2D eigenvalue weighted by atomic mass is 16.5. The second-order valence-corrected chi connectivity index (χ2v) is 5.81. The fraction of sp³-hybridized carbons (Fsp3) is 0.474. The zero-order chi connectivity index (χ0) is 17.4. The molecule has 1 aliphatic heterocycles. The van der Waals surface area contributed by atoms with E-state index < -0.39 is 0 Å². The summed E-state index contributed by atoms with van der Waals surface area (Å²) in [5.41, 5.74) is 0.593. The maximum absolute atomic E-state index is 12.3. The lowest BCUT2D eigenvalue weighted by atomic mass is 10.2. The quantitative estimate of drug-likeness (QED) is 0.643. The number of unbranched alkanes of at least 4 members (excludes halogenated alkanes) is 1. The van der Waals surface area contributed by atoms with E-state index in [2.05, 4.69) is 24.1 Å². The van der Waals surface area contributed by atoms with Crippen molar-refractivity contribution in [2.75, 3.05) is 19.7 Å². The number of rotatable bonds is 6. The average molecular weight is 328 g/mol. The van der Waals surface area contributed by atoms with Crippen LogP contribution in [-0.4, -0.2) is 42.5 Å². The number of benzene rings is 1. The van der Waals surface area contributed by atoms with Crippen LogP contribution < -0.4 is 10.1 Å². The van der Waals surface area contributed by atoms with Crippen LogP contribution in [0.4, 0.5) is 0 Å². The number of carbonyl (C=O) groups is 2. The van der Waals surface area contributed by atoms with Crippen LogP contribution in [0.3, 0.4) is 0 Å². The highest BCUT2D eigenvalue weighted by Gasteiger charge is 2.26. The molecule has 1 N–H and O–H groups in total. The third-order valence-corrected chi connectivity index (χ3v) is 3.93. The van der Waals surface area contributed by atoms with Crippen molar-refractivity contribution in [3.63, 3.8) is 0 Å². The molecule has 1 unspecified atom stereocenters. The number of nitrogens with one attached hydrogen (secondary N) is 1. The van der Waals surface area contributed by atoms with Gasteiger partial charge < -0.3 is 15.0 Å². The van der Waals surface area contributed by atoms with E-state index in [-0.39, 0.29) is 17.9 Å². The summed E-state index contributed by atoms with van der Waals surface area (Å²) in [6.07, 6.45) is 2.86.